The van der Waals surface area contributed by atoms with Crippen molar-refractivity contribution in [2.24, 2.45) is 0 Å². The number of benzene rings is 1. The molecule has 0 saturated carbocycles. The lowest BCUT2D eigenvalue weighted by molar-refractivity contribution is 0.399. The van der Waals surface area contributed by atoms with Gasteiger partial charge in [0.1, 0.15) is 11.3 Å². The minimum atomic E-state index is -0.0165. The largest absolute Gasteiger partial charge is 0.481 e. The second-order valence-electron chi connectivity index (χ2n) is 6.89. The number of imidazole rings is 1. The summed E-state index contributed by atoms with van der Waals surface area (Å²) < 4.78 is 9.05. The standard InChI is InChI=1S/C22H24N4O2/c1-4-18-23-15(2)20-22(27)25(14-8-11-16-9-6-5-7-10-16)17-12-13-19(28-3)24-21(17)26(18)20/h5-7,9-10,12-13H,4,8,11,14H2,1-3H3. The predicted octanol–water partition coefficient (Wildman–Crippen LogP) is 3.56. The van der Waals surface area contributed by atoms with Gasteiger partial charge < -0.3 is 9.30 Å². The zero-order valence-corrected chi connectivity index (χ0v) is 16.5. The minimum Gasteiger partial charge on any atom is -0.481 e. The number of ether oxygens (including phenoxy) is 1. The number of hydrogen-bond acceptors (Lipinski definition) is 4. The maximum absolute atomic E-state index is 13.3. The Bertz CT molecular complexity index is 1190. The first kappa shape index (κ1) is 18.2. The van der Waals surface area contributed by atoms with Gasteiger partial charge in [0.05, 0.1) is 18.3 Å². The molecule has 4 aromatic rings. The summed E-state index contributed by atoms with van der Waals surface area (Å²) in [7, 11) is 1.60. The molecule has 0 fully saturated rings. The smallest absolute Gasteiger partial charge is 0.277 e. The second-order valence-corrected chi connectivity index (χ2v) is 6.89. The Hall–Kier alpha value is -3.15. The average Bonchev–Trinajstić information content (AvgIpc) is 3.07. The summed E-state index contributed by atoms with van der Waals surface area (Å²) in [6, 6.07) is 14.1. The van der Waals surface area contributed by atoms with E-state index in [0.29, 0.717) is 23.6 Å². The Morgan fingerprint density at radius 3 is 2.57 bits per heavy atom. The Labute approximate surface area is 163 Å². The molecule has 3 heterocycles. The van der Waals surface area contributed by atoms with Gasteiger partial charge in [-0.2, -0.15) is 4.98 Å². The molecule has 0 saturated heterocycles. The van der Waals surface area contributed by atoms with Crippen LogP contribution in [-0.2, 0) is 19.4 Å². The molecule has 28 heavy (non-hydrogen) atoms. The number of aromatic nitrogens is 4. The molecule has 3 aromatic heterocycles. The molecule has 6 heteroatoms. The van der Waals surface area contributed by atoms with Crippen LogP contribution < -0.4 is 10.3 Å². The van der Waals surface area contributed by atoms with Crippen molar-refractivity contribution in [1.82, 2.24) is 18.9 Å². The van der Waals surface area contributed by atoms with Crippen LogP contribution in [0.15, 0.2) is 47.3 Å². The molecule has 4 rings (SSSR count). The molecule has 0 aliphatic carbocycles. The molecule has 0 amide bonds. The number of fused-ring (bicyclic) bond motifs is 3. The Morgan fingerprint density at radius 2 is 1.86 bits per heavy atom. The lowest BCUT2D eigenvalue weighted by Crippen LogP contribution is -2.24. The summed E-state index contributed by atoms with van der Waals surface area (Å²) in [5.41, 5.74) is 4.12. The maximum atomic E-state index is 13.3. The molecule has 0 atom stereocenters. The zero-order valence-electron chi connectivity index (χ0n) is 16.5. The van der Waals surface area contributed by atoms with Crippen LogP contribution in [0, 0.1) is 6.92 Å². The van der Waals surface area contributed by atoms with E-state index in [4.69, 9.17) is 4.74 Å². The van der Waals surface area contributed by atoms with Gasteiger partial charge in [-0.25, -0.2) is 4.98 Å². The van der Waals surface area contributed by atoms with E-state index in [9.17, 15) is 4.79 Å². The highest BCUT2D eigenvalue weighted by molar-refractivity contribution is 5.77. The van der Waals surface area contributed by atoms with Gasteiger partial charge in [-0.05, 0) is 31.4 Å². The highest BCUT2D eigenvalue weighted by Gasteiger charge is 2.18. The normalized spacial score (nSPS) is 11.4. The van der Waals surface area contributed by atoms with E-state index in [2.05, 4.69) is 22.1 Å². The van der Waals surface area contributed by atoms with Gasteiger partial charge >= 0.3 is 0 Å². The van der Waals surface area contributed by atoms with Crippen molar-refractivity contribution in [3.8, 4) is 5.88 Å². The molecule has 6 nitrogen and oxygen atoms in total. The van der Waals surface area contributed by atoms with Gasteiger partial charge in [0.25, 0.3) is 5.56 Å². The van der Waals surface area contributed by atoms with Crippen LogP contribution in [-0.4, -0.2) is 26.0 Å². The fraction of sp³-hybridized carbons (Fsp3) is 0.318. The van der Waals surface area contributed by atoms with E-state index in [0.717, 1.165) is 36.3 Å². The van der Waals surface area contributed by atoms with Gasteiger partial charge in [-0.1, -0.05) is 37.3 Å². The molecule has 0 spiro atoms. The van der Waals surface area contributed by atoms with Crippen LogP contribution in [0.4, 0.5) is 0 Å². The third-order valence-corrected chi connectivity index (χ3v) is 5.12. The van der Waals surface area contributed by atoms with Crippen molar-refractivity contribution in [1.29, 1.82) is 0 Å². The van der Waals surface area contributed by atoms with E-state index in [1.807, 2.05) is 47.1 Å². The predicted molar refractivity (Wildman–Crippen MR) is 110 cm³/mol. The maximum Gasteiger partial charge on any atom is 0.277 e. The monoisotopic (exact) mass is 376 g/mol. The van der Waals surface area contributed by atoms with Crippen LogP contribution in [0.3, 0.4) is 0 Å². The summed E-state index contributed by atoms with van der Waals surface area (Å²) in [4.78, 5) is 22.6. The Balaban J connectivity index is 1.86. The molecular weight excluding hydrogens is 352 g/mol. The highest BCUT2D eigenvalue weighted by Crippen LogP contribution is 2.21. The van der Waals surface area contributed by atoms with Crippen molar-refractivity contribution in [2.75, 3.05) is 7.11 Å². The summed E-state index contributed by atoms with van der Waals surface area (Å²) >= 11 is 0. The van der Waals surface area contributed by atoms with Crippen molar-refractivity contribution < 1.29 is 4.74 Å². The Morgan fingerprint density at radius 1 is 1.07 bits per heavy atom. The van der Waals surface area contributed by atoms with Gasteiger partial charge in [0, 0.05) is 19.0 Å². The first-order valence-corrected chi connectivity index (χ1v) is 9.63. The van der Waals surface area contributed by atoms with Crippen LogP contribution >= 0.6 is 0 Å². The zero-order chi connectivity index (χ0) is 19.7. The second kappa shape index (κ2) is 7.46. The van der Waals surface area contributed by atoms with E-state index in [1.54, 1.807) is 13.2 Å². The summed E-state index contributed by atoms with van der Waals surface area (Å²) in [5.74, 6) is 1.36. The lowest BCUT2D eigenvalue weighted by Gasteiger charge is -2.13. The van der Waals surface area contributed by atoms with Gasteiger partial charge in [0.15, 0.2) is 5.65 Å². The number of aryl methyl sites for hydroxylation is 4. The van der Waals surface area contributed by atoms with Crippen molar-refractivity contribution >= 4 is 16.7 Å². The fourth-order valence-corrected chi connectivity index (χ4v) is 3.76. The minimum absolute atomic E-state index is 0.0165. The molecular formula is C22H24N4O2. The van der Waals surface area contributed by atoms with Crippen molar-refractivity contribution in [2.45, 2.75) is 39.7 Å². The molecule has 144 valence electrons. The summed E-state index contributed by atoms with van der Waals surface area (Å²) in [5, 5.41) is 0. The molecule has 0 unspecified atom stereocenters. The van der Waals surface area contributed by atoms with Crippen LogP contribution in [0.1, 0.15) is 30.4 Å². The van der Waals surface area contributed by atoms with E-state index >= 15 is 0 Å². The summed E-state index contributed by atoms with van der Waals surface area (Å²) in [6.45, 7) is 4.54. The van der Waals surface area contributed by atoms with Gasteiger partial charge in [0.2, 0.25) is 5.88 Å². The average molecular weight is 376 g/mol. The molecule has 0 bridgehead atoms. The van der Waals surface area contributed by atoms with Gasteiger partial charge in [-0.3, -0.25) is 9.20 Å². The highest BCUT2D eigenvalue weighted by atomic mass is 16.5. The van der Waals surface area contributed by atoms with Gasteiger partial charge in [-0.15, -0.1) is 0 Å². The molecule has 0 N–H and O–H groups in total. The number of rotatable bonds is 6. The number of hydrogen-bond donors (Lipinski definition) is 0. The molecule has 0 radical (unpaired) electrons. The number of methoxy groups -OCH3 is 1. The topological polar surface area (TPSA) is 61.4 Å². The van der Waals surface area contributed by atoms with Crippen LogP contribution in [0.2, 0.25) is 0 Å². The number of nitrogens with zero attached hydrogens (tertiary/aromatic N) is 4. The number of pyridine rings is 1. The van der Waals surface area contributed by atoms with Crippen LogP contribution in [0.5, 0.6) is 5.88 Å². The Kier molecular flexibility index (Phi) is 4.86. The molecule has 0 aliphatic rings. The van der Waals surface area contributed by atoms with E-state index in [-0.39, 0.29) is 5.56 Å². The van der Waals surface area contributed by atoms with Crippen LogP contribution in [0.25, 0.3) is 16.7 Å². The van der Waals surface area contributed by atoms with E-state index < -0.39 is 0 Å². The third-order valence-electron chi connectivity index (χ3n) is 5.12. The molecule has 1 aromatic carbocycles. The fourth-order valence-electron chi connectivity index (χ4n) is 3.76. The van der Waals surface area contributed by atoms with E-state index in [1.165, 1.54) is 5.56 Å². The lowest BCUT2D eigenvalue weighted by atomic mass is 10.1. The van der Waals surface area contributed by atoms with Crippen molar-refractivity contribution in [3.63, 3.8) is 0 Å². The first-order valence-electron chi connectivity index (χ1n) is 9.63. The first-order chi connectivity index (χ1) is 13.6. The SMILES string of the molecule is CCc1nc(C)c2c(=O)n(CCCc3ccccc3)c3ccc(OC)nc3n12. The molecule has 0 aliphatic heterocycles. The quantitative estimate of drug-likeness (QED) is 0.516. The summed E-state index contributed by atoms with van der Waals surface area (Å²) in [6.07, 6.45) is 2.51. The van der Waals surface area contributed by atoms with Crippen molar-refractivity contribution in [3.05, 3.63) is 69.9 Å². The third kappa shape index (κ3) is 3.05.